The summed E-state index contributed by atoms with van der Waals surface area (Å²) in [5.74, 6) is 0. The normalized spacial score (nSPS) is 42.1. The average Bonchev–Trinajstić information content (AvgIpc) is 2.51. The Morgan fingerprint density at radius 1 is 0.957 bits per heavy atom. The van der Waals surface area contributed by atoms with E-state index in [1.807, 2.05) is 6.92 Å². The predicted octanol–water partition coefficient (Wildman–Crippen LogP) is -0.729. The summed E-state index contributed by atoms with van der Waals surface area (Å²) >= 11 is 0. The van der Waals surface area contributed by atoms with Crippen molar-refractivity contribution in [2.24, 2.45) is 0 Å². The zero-order valence-corrected chi connectivity index (χ0v) is 12.9. The van der Waals surface area contributed by atoms with Crippen LogP contribution in [0, 0.1) is 6.92 Å². The molecule has 1 aromatic carbocycles. The van der Waals surface area contributed by atoms with Crippen LogP contribution in [0.25, 0.3) is 0 Å². The zero-order valence-electron chi connectivity index (χ0n) is 12.1. The lowest BCUT2D eigenvalue weighted by molar-refractivity contribution is -0.478. The van der Waals surface area contributed by atoms with E-state index in [0.29, 0.717) is 0 Å². The van der Waals surface area contributed by atoms with Gasteiger partial charge in [0.25, 0.3) is 16.6 Å². The highest BCUT2D eigenvalue weighted by molar-refractivity contribution is 7.86. The lowest BCUT2D eigenvalue weighted by Crippen LogP contribution is -2.75. The van der Waals surface area contributed by atoms with Gasteiger partial charge in [-0.3, -0.25) is 4.18 Å². The number of hydrogen-bond donors (Lipinski definition) is 2. The van der Waals surface area contributed by atoms with Gasteiger partial charge in [-0.05, 0) is 19.1 Å². The van der Waals surface area contributed by atoms with Crippen LogP contribution in [0.1, 0.15) is 5.56 Å². The van der Waals surface area contributed by atoms with Gasteiger partial charge in [-0.15, -0.1) is 0 Å². The van der Waals surface area contributed by atoms with Gasteiger partial charge in [-0.1, -0.05) is 17.7 Å². The second-order valence-electron chi connectivity index (χ2n) is 5.90. The fourth-order valence-electron chi connectivity index (χ4n) is 3.13. The van der Waals surface area contributed by atoms with Crippen LogP contribution in [0.15, 0.2) is 29.2 Å². The Balaban J connectivity index is 1.62. The van der Waals surface area contributed by atoms with Crippen LogP contribution < -0.4 is 0 Å². The van der Waals surface area contributed by atoms with Gasteiger partial charge in [0.05, 0.1) is 4.90 Å². The quantitative estimate of drug-likeness (QED) is 0.691. The Morgan fingerprint density at radius 3 is 2.04 bits per heavy atom. The van der Waals surface area contributed by atoms with E-state index in [9.17, 15) is 18.6 Å². The number of ether oxygens (including phenoxy) is 3. The molecule has 5 rings (SSSR count). The Hall–Kier alpha value is -1.07. The van der Waals surface area contributed by atoms with Crippen molar-refractivity contribution >= 4 is 10.1 Å². The van der Waals surface area contributed by atoms with Crippen molar-refractivity contribution in [1.82, 2.24) is 0 Å². The molecule has 3 aliphatic heterocycles. The van der Waals surface area contributed by atoms with E-state index in [0.717, 1.165) is 5.56 Å². The summed E-state index contributed by atoms with van der Waals surface area (Å²) in [5, 5.41) is 20.3. The van der Waals surface area contributed by atoms with Crippen molar-refractivity contribution in [3.8, 4) is 0 Å². The van der Waals surface area contributed by atoms with Gasteiger partial charge in [0.2, 0.25) is 0 Å². The maximum atomic E-state index is 12.4. The van der Waals surface area contributed by atoms with Gasteiger partial charge < -0.3 is 24.4 Å². The number of aliphatic hydroxyl groups is 2. The van der Waals surface area contributed by atoms with E-state index in [-0.39, 0.29) is 4.90 Å². The van der Waals surface area contributed by atoms with Gasteiger partial charge in [0.15, 0.2) is 0 Å². The van der Waals surface area contributed by atoms with Crippen LogP contribution in [0.4, 0.5) is 0 Å². The lowest BCUT2D eigenvalue weighted by Gasteiger charge is -2.56. The molecular weight excluding hydrogens is 328 g/mol. The molecular formula is C14H16O8S. The van der Waals surface area contributed by atoms with Crippen LogP contribution in [-0.2, 0) is 28.5 Å². The highest BCUT2D eigenvalue weighted by Gasteiger charge is 2.62. The number of aryl methyl sites for hydroxylation is 1. The Labute approximate surface area is 132 Å². The minimum absolute atomic E-state index is 0.0165. The molecule has 126 valence electrons. The highest BCUT2D eigenvalue weighted by atomic mass is 32.2. The molecule has 2 N–H and O–H groups in total. The van der Waals surface area contributed by atoms with Crippen LogP contribution in [0.2, 0.25) is 0 Å². The molecule has 1 aliphatic carbocycles. The third-order valence-electron chi connectivity index (χ3n) is 4.35. The van der Waals surface area contributed by atoms with E-state index in [1.165, 1.54) is 12.1 Å². The zero-order chi connectivity index (χ0) is 16.4. The van der Waals surface area contributed by atoms with E-state index in [1.54, 1.807) is 12.1 Å². The molecule has 1 aromatic rings. The van der Waals surface area contributed by atoms with Crippen molar-refractivity contribution in [1.29, 1.82) is 0 Å². The van der Waals surface area contributed by atoms with Crippen LogP contribution in [0.3, 0.4) is 0 Å². The van der Waals surface area contributed by atoms with E-state index < -0.39 is 53.2 Å². The van der Waals surface area contributed by atoms with Crippen LogP contribution in [-0.4, -0.2) is 61.7 Å². The maximum absolute atomic E-state index is 12.4. The fraction of sp³-hybridized carbons (Fsp3) is 0.571. The largest absolute Gasteiger partial charge is 0.387 e. The molecule has 8 nitrogen and oxygen atoms in total. The molecule has 3 heterocycles. The summed E-state index contributed by atoms with van der Waals surface area (Å²) in [6, 6.07) is 6.16. The topological polar surface area (TPSA) is 112 Å². The Bertz CT molecular complexity index is 682. The second-order valence-corrected chi connectivity index (χ2v) is 7.47. The molecule has 3 unspecified atom stereocenters. The van der Waals surface area contributed by atoms with Crippen molar-refractivity contribution in [3.63, 3.8) is 0 Å². The molecule has 1 saturated carbocycles. The Morgan fingerprint density at radius 2 is 1.48 bits per heavy atom. The van der Waals surface area contributed by atoms with Gasteiger partial charge >= 0.3 is 0 Å². The third kappa shape index (κ3) is 2.40. The summed E-state index contributed by atoms with van der Waals surface area (Å²) in [6.45, 7) is 0.812. The first-order valence-corrected chi connectivity index (χ1v) is 8.60. The highest BCUT2D eigenvalue weighted by Crippen LogP contribution is 2.41. The summed E-state index contributed by atoms with van der Waals surface area (Å²) in [4.78, 5) is -0.0165. The molecule has 0 radical (unpaired) electrons. The number of aliphatic hydroxyl groups excluding tert-OH is 2. The molecule has 4 fully saturated rings. The number of rotatable bonds is 3. The van der Waals surface area contributed by atoms with Gasteiger partial charge in [0.1, 0.15) is 36.6 Å². The monoisotopic (exact) mass is 344 g/mol. The van der Waals surface area contributed by atoms with Gasteiger partial charge in [0, 0.05) is 0 Å². The first-order chi connectivity index (χ1) is 10.9. The number of hydrogen-bond acceptors (Lipinski definition) is 8. The van der Waals surface area contributed by atoms with Crippen LogP contribution >= 0.6 is 0 Å². The minimum Gasteiger partial charge on any atom is -0.387 e. The molecule has 23 heavy (non-hydrogen) atoms. The molecule has 3 saturated heterocycles. The fourth-order valence-corrected chi connectivity index (χ4v) is 4.22. The van der Waals surface area contributed by atoms with Gasteiger partial charge in [-0.2, -0.15) is 8.42 Å². The molecule has 7 atom stereocenters. The molecule has 0 aromatic heterocycles. The first kappa shape index (κ1) is 15.5. The maximum Gasteiger partial charge on any atom is 0.297 e. The second kappa shape index (κ2) is 5.21. The van der Waals surface area contributed by atoms with E-state index >= 15 is 0 Å². The summed E-state index contributed by atoms with van der Waals surface area (Å²) < 4.78 is 45.8. The average molecular weight is 344 g/mol. The SMILES string of the molecule is Cc1ccc(S(=O)(=O)OC2[C@H]3OC4OC([C@H]3O)[C@H](O)[C@H]2O4)cc1. The van der Waals surface area contributed by atoms with Crippen LogP contribution in [0.5, 0.6) is 0 Å². The summed E-state index contributed by atoms with van der Waals surface area (Å²) in [5.41, 5.74) is 0.910. The molecule has 4 aliphatic rings. The smallest absolute Gasteiger partial charge is 0.297 e. The van der Waals surface area contributed by atoms with Crippen molar-refractivity contribution < 1.29 is 37.0 Å². The van der Waals surface area contributed by atoms with E-state index in [2.05, 4.69) is 0 Å². The predicted molar refractivity (Wildman–Crippen MR) is 73.7 cm³/mol. The molecule has 4 bridgehead atoms. The van der Waals surface area contributed by atoms with Gasteiger partial charge in [-0.25, -0.2) is 0 Å². The van der Waals surface area contributed by atoms with Crippen molar-refractivity contribution in [3.05, 3.63) is 29.8 Å². The van der Waals surface area contributed by atoms with Crippen molar-refractivity contribution in [2.75, 3.05) is 0 Å². The minimum atomic E-state index is -4.09. The Kier molecular flexibility index (Phi) is 3.50. The standard InChI is InChI=1S/C14H16O8S/c1-6-2-4-7(5-3-6)23(17,18)22-13-11-8(15)10-9(16)12(13)21-14(19-10)20-11/h2-5,8-16H,1H3/t8-,9+,10?,11+,12-,13?,14?. The molecule has 0 amide bonds. The summed E-state index contributed by atoms with van der Waals surface area (Å²) in [7, 11) is -4.09. The number of benzene rings is 1. The molecule has 0 spiro atoms. The van der Waals surface area contributed by atoms with E-state index in [4.69, 9.17) is 18.4 Å². The molecule has 9 heteroatoms. The third-order valence-corrected chi connectivity index (χ3v) is 5.67. The summed E-state index contributed by atoms with van der Waals surface area (Å²) in [6.07, 6.45) is -6.30. The first-order valence-electron chi connectivity index (χ1n) is 7.19. The lowest BCUT2D eigenvalue weighted by atomic mass is 9.83. The van der Waals surface area contributed by atoms with Crippen molar-refractivity contribution in [2.45, 2.75) is 54.9 Å².